The first-order valence-corrected chi connectivity index (χ1v) is 11.8. The smallest absolute Gasteiger partial charge is 0.243 e. The lowest BCUT2D eigenvalue weighted by atomic mass is 10.1. The summed E-state index contributed by atoms with van der Waals surface area (Å²) in [4.78, 5) is 9.30. The fraction of sp³-hybridized carbons (Fsp3) is 0.250. The van der Waals surface area contributed by atoms with Crippen molar-refractivity contribution in [3.63, 3.8) is 0 Å². The summed E-state index contributed by atoms with van der Waals surface area (Å²) < 4.78 is 17.7. The minimum Gasteiger partial charge on any atom is -0.419 e. The summed E-state index contributed by atoms with van der Waals surface area (Å²) >= 11 is 0. The van der Waals surface area contributed by atoms with Gasteiger partial charge in [-0.05, 0) is 36.4 Å². The molecule has 2 aromatic carbocycles. The Kier molecular flexibility index (Phi) is 8.02. The van der Waals surface area contributed by atoms with Gasteiger partial charge in [-0.25, -0.2) is 9.97 Å². The van der Waals surface area contributed by atoms with Gasteiger partial charge in [-0.3, -0.25) is 15.0 Å². The van der Waals surface area contributed by atoms with Crippen molar-refractivity contribution in [3.8, 4) is 11.3 Å². The van der Waals surface area contributed by atoms with Crippen LogP contribution >= 0.6 is 0 Å². The fourth-order valence-corrected chi connectivity index (χ4v) is 3.94. The molecule has 0 saturated carbocycles. The second-order valence-electron chi connectivity index (χ2n) is 7.60. The average Bonchev–Trinajstić information content (AvgIpc) is 2.82. The van der Waals surface area contributed by atoms with Gasteiger partial charge in [0.05, 0.1) is 22.7 Å². The highest BCUT2D eigenvalue weighted by molar-refractivity contribution is 7.85. The molecule has 1 heterocycles. The first kappa shape index (κ1) is 24.2. The molecule has 1 aromatic heterocycles. The highest BCUT2D eigenvalue weighted by atomic mass is 32.2. The summed E-state index contributed by atoms with van der Waals surface area (Å²) in [5, 5.41) is 19.8. The number of nitrogens with one attached hydrogen (secondary N) is 3. The first-order valence-electron chi connectivity index (χ1n) is 10.6. The zero-order chi connectivity index (χ0) is 24.0. The maximum absolute atomic E-state index is 12.3. The number of aromatic nitrogens is 2. The van der Waals surface area contributed by atoms with Crippen LogP contribution in [0.2, 0.25) is 0 Å². The van der Waals surface area contributed by atoms with E-state index in [4.69, 9.17) is 21.3 Å². The van der Waals surface area contributed by atoms with Gasteiger partial charge in [0.25, 0.3) is 0 Å². The van der Waals surface area contributed by atoms with E-state index in [9.17, 15) is 4.21 Å². The molecule has 0 aliphatic heterocycles. The summed E-state index contributed by atoms with van der Waals surface area (Å²) in [6, 6.07) is 14.6. The molecule has 3 aromatic rings. The van der Waals surface area contributed by atoms with Crippen LogP contribution < -0.4 is 11.1 Å². The number of hydrogen-bond donors (Lipinski definition) is 4. The molecule has 0 saturated heterocycles. The number of benzene rings is 2. The predicted molar refractivity (Wildman–Crippen MR) is 132 cm³/mol. The highest BCUT2D eigenvalue weighted by Crippen LogP contribution is 2.22. The van der Waals surface area contributed by atoms with Crippen molar-refractivity contribution in [2.45, 2.75) is 37.5 Å². The lowest BCUT2D eigenvalue weighted by Gasteiger charge is -2.11. The molecule has 0 spiro atoms. The highest BCUT2D eigenvalue weighted by Gasteiger charge is 2.16. The molecular weight excluding hydrogens is 436 g/mol. The van der Waals surface area contributed by atoms with Crippen molar-refractivity contribution < 1.29 is 8.95 Å². The molecule has 1 unspecified atom stereocenters. The van der Waals surface area contributed by atoms with Crippen LogP contribution in [-0.2, 0) is 22.1 Å². The van der Waals surface area contributed by atoms with Gasteiger partial charge in [-0.1, -0.05) is 45.0 Å². The Morgan fingerprint density at radius 1 is 1.09 bits per heavy atom. The normalized spacial score (nSPS) is 11.9. The number of nitrogens with two attached hydrogens (primary N) is 1. The van der Waals surface area contributed by atoms with E-state index < -0.39 is 10.8 Å². The van der Waals surface area contributed by atoms with Gasteiger partial charge < -0.3 is 15.8 Å². The standard InChI is InChI=1S/C24H28N6O2S/c1-4-28-13-16-5-7-18(8-6-16)23(26)32-24(27)21-22(25)29-14-20(30-21)17-9-11-19(12-10-17)33(31)15(2)3/h5-12,14-15,26-28H,4,13H2,1-3H3,(H2,25,29). The van der Waals surface area contributed by atoms with Crippen LogP contribution in [0.25, 0.3) is 11.3 Å². The predicted octanol–water partition coefficient (Wildman–Crippen LogP) is 3.72. The van der Waals surface area contributed by atoms with E-state index in [2.05, 4.69) is 15.3 Å². The van der Waals surface area contributed by atoms with E-state index in [0.717, 1.165) is 29.1 Å². The van der Waals surface area contributed by atoms with Gasteiger partial charge in [0, 0.05) is 27.8 Å². The number of nitrogens with zero attached hydrogens (tertiary/aromatic N) is 2. The van der Waals surface area contributed by atoms with Gasteiger partial charge in [-0.2, -0.15) is 0 Å². The molecule has 8 nitrogen and oxygen atoms in total. The van der Waals surface area contributed by atoms with Crippen LogP contribution in [0.5, 0.6) is 0 Å². The molecule has 0 bridgehead atoms. The quantitative estimate of drug-likeness (QED) is 0.296. The zero-order valence-electron chi connectivity index (χ0n) is 18.9. The van der Waals surface area contributed by atoms with Crippen LogP contribution in [0.1, 0.15) is 37.6 Å². The van der Waals surface area contributed by atoms with E-state index in [0.29, 0.717) is 11.3 Å². The molecule has 3 rings (SSSR count). The zero-order valence-corrected chi connectivity index (χ0v) is 19.7. The van der Waals surface area contributed by atoms with Crippen molar-refractivity contribution in [2.75, 3.05) is 12.3 Å². The summed E-state index contributed by atoms with van der Waals surface area (Å²) in [5.41, 5.74) is 8.85. The third-order valence-electron chi connectivity index (χ3n) is 4.83. The van der Waals surface area contributed by atoms with E-state index in [1.807, 2.05) is 32.9 Å². The van der Waals surface area contributed by atoms with E-state index in [1.165, 1.54) is 6.20 Å². The van der Waals surface area contributed by atoms with Crippen molar-refractivity contribution in [2.24, 2.45) is 0 Å². The summed E-state index contributed by atoms with van der Waals surface area (Å²) in [5.74, 6) is -0.502. The van der Waals surface area contributed by atoms with E-state index >= 15 is 0 Å². The SMILES string of the molecule is CCNCc1ccc(C(=N)OC(=N)c2nc(-c3ccc(S(=O)C(C)C)cc3)cnc2N)cc1. The molecule has 1 atom stereocenters. The maximum Gasteiger partial charge on any atom is 0.243 e. The minimum atomic E-state index is -1.08. The van der Waals surface area contributed by atoms with Crippen molar-refractivity contribution in [1.82, 2.24) is 15.3 Å². The third kappa shape index (κ3) is 6.09. The van der Waals surface area contributed by atoms with Crippen LogP contribution in [0.4, 0.5) is 5.82 Å². The van der Waals surface area contributed by atoms with E-state index in [-0.39, 0.29) is 28.6 Å². The Labute approximate surface area is 196 Å². The summed E-state index contributed by atoms with van der Waals surface area (Å²) in [7, 11) is -1.08. The Morgan fingerprint density at radius 2 is 1.76 bits per heavy atom. The average molecular weight is 465 g/mol. The van der Waals surface area contributed by atoms with Gasteiger partial charge in [-0.15, -0.1) is 0 Å². The van der Waals surface area contributed by atoms with E-state index in [1.54, 1.807) is 36.4 Å². The summed E-state index contributed by atoms with van der Waals surface area (Å²) in [6.45, 7) is 7.47. The number of nitrogen functional groups attached to an aromatic ring is 1. The molecule has 0 aliphatic rings. The molecule has 0 amide bonds. The second kappa shape index (κ2) is 10.9. The Morgan fingerprint density at radius 3 is 2.36 bits per heavy atom. The van der Waals surface area contributed by atoms with Crippen LogP contribution in [0.15, 0.2) is 59.6 Å². The lowest BCUT2D eigenvalue weighted by Crippen LogP contribution is -2.17. The number of rotatable bonds is 8. The molecule has 172 valence electrons. The maximum atomic E-state index is 12.3. The molecule has 9 heteroatoms. The number of ether oxygens (including phenoxy) is 1. The second-order valence-corrected chi connectivity index (χ2v) is 9.61. The molecule has 0 radical (unpaired) electrons. The minimum absolute atomic E-state index is 0.0240. The molecule has 0 fully saturated rings. The lowest BCUT2D eigenvalue weighted by molar-refractivity contribution is 0.536. The van der Waals surface area contributed by atoms with Crippen LogP contribution in [0.3, 0.4) is 0 Å². The number of hydrogen-bond acceptors (Lipinski definition) is 8. The Balaban J connectivity index is 1.75. The Hall–Kier alpha value is -3.43. The topological polar surface area (TPSA) is 138 Å². The largest absolute Gasteiger partial charge is 0.419 e. The van der Waals surface area contributed by atoms with Gasteiger partial charge >= 0.3 is 0 Å². The third-order valence-corrected chi connectivity index (χ3v) is 6.42. The van der Waals surface area contributed by atoms with Gasteiger partial charge in [0.2, 0.25) is 11.8 Å². The van der Waals surface area contributed by atoms with Gasteiger partial charge in [0.15, 0.2) is 11.5 Å². The summed E-state index contributed by atoms with van der Waals surface area (Å²) in [6.07, 6.45) is 1.51. The molecule has 33 heavy (non-hydrogen) atoms. The first-order chi connectivity index (χ1) is 15.8. The monoisotopic (exact) mass is 464 g/mol. The number of anilines is 1. The van der Waals surface area contributed by atoms with Crippen molar-refractivity contribution >= 4 is 28.4 Å². The van der Waals surface area contributed by atoms with Crippen molar-refractivity contribution in [1.29, 1.82) is 10.8 Å². The van der Waals surface area contributed by atoms with Crippen LogP contribution in [0, 0.1) is 10.8 Å². The molecular formula is C24H28N6O2S. The van der Waals surface area contributed by atoms with Gasteiger partial charge in [0.1, 0.15) is 0 Å². The van der Waals surface area contributed by atoms with Crippen LogP contribution in [-0.4, -0.2) is 37.8 Å². The molecule has 5 N–H and O–H groups in total. The van der Waals surface area contributed by atoms with Crippen molar-refractivity contribution in [3.05, 3.63) is 71.5 Å². The fourth-order valence-electron chi connectivity index (χ4n) is 2.99. The molecule has 0 aliphatic carbocycles. The Bertz CT molecular complexity index is 1160.